The summed E-state index contributed by atoms with van der Waals surface area (Å²) in [4.78, 5) is 0. The molecule has 124 valence electrons. The second-order valence-electron chi connectivity index (χ2n) is 6.77. The molecule has 0 spiro atoms. The first-order chi connectivity index (χ1) is 11.7. The van der Waals surface area contributed by atoms with Crippen molar-refractivity contribution in [2.24, 2.45) is 0 Å². The lowest BCUT2D eigenvalue weighted by atomic mass is 9.89. The highest BCUT2D eigenvalue weighted by Gasteiger charge is 2.30. The molecular weight excluding hydrogens is 298 g/mol. The SMILES string of the molecule is O[C@@H]1CCC[C@H](O)[C@H]1NCc1cc2ccccc2c2ccccc12. The predicted octanol–water partition coefficient (Wildman–Crippen LogP) is 3.36. The standard InChI is InChI=1S/C21H23NO2/c23-19-10-5-11-20(24)21(19)22-13-15-12-14-6-1-2-7-16(14)18-9-4-3-8-17(15)18/h1-4,6-9,12,19-24H,5,10-11,13H2/t19-,20+,21+. The van der Waals surface area contributed by atoms with E-state index in [4.69, 9.17) is 0 Å². The van der Waals surface area contributed by atoms with Gasteiger partial charge in [-0.3, -0.25) is 0 Å². The van der Waals surface area contributed by atoms with E-state index in [9.17, 15) is 10.2 Å². The Hall–Kier alpha value is -1.94. The van der Waals surface area contributed by atoms with Crippen LogP contribution in [0.5, 0.6) is 0 Å². The third kappa shape index (κ3) is 2.80. The van der Waals surface area contributed by atoms with Crippen molar-refractivity contribution in [3.8, 4) is 0 Å². The Balaban J connectivity index is 1.70. The van der Waals surface area contributed by atoms with Gasteiger partial charge in [0.05, 0.1) is 18.2 Å². The van der Waals surface area contributed by atoms with Crippen molar-refractivity contribution in [2.75, 3.05) is 0 Å². The van der Waals surface area contributed by atoms with Crippen molar-refractivity contribution in [3.05, 3.63) is 60.2 Å². The number of nitrogens with one attached hydrogen (secondary N) is 1. The Morgan fingerprint density at radius 2 is 1.46 bits per heavy atom. The van der Waals surface area contributed by atoms with Crippen molar-refractivity contribution in [1.82, 2.24) is 5.32 Å². The zero-order valence-corrected chi connectivity index (χ0v) is 13.7. The quantitative estimate of drug-likeness (QED) is 0.648. The molecule has 0 heterocycles. The van der Waals surface area contributed by atoms with E-state index in [1.54, 1.807) is 0 Å². The third-order valence-corrected chi connectivity index (χ3v) is 5.21. The third-order valence-electron chi connectivity index (χ3n) is 5.21. The summed E-state index contributed by atoms with van der Waals surface area (Å²) in [5, 5.41) is 28.7. The lowest BCUT2D eigenvalue weighted by molar-refractivity contribution is 0.000917. The molecule has 3 nitrogen and oxygen atoms in total. The summed E-state index contributed by atoms with van der Waals surface area (Å²) in [6, 6.07) is 18.8. The Kier molecular flexibility index (Phi) is 4.23. The number of hydrogen-bond acceptors (Lipinski definition) is 3. The van der Waals surface area contributed by atoms with Crippen molar-refractivity contribution in [3.63, 3.8) is 0 Å². The molecule has 3 aromatic carbocycles. The molecule has 1 aliphatic rings. The van der Waals surface area contributed by atoms with E-state index in [1.807, 2.05) is 0 Å². The van der Waals surface area contributed by atoms with Crippen LogP contribution in [0.25, 0.3) is 21.5 Å². The van der Waals surface area contributed by atoms with Gasteiger partial charge in [-0.2, -0.15) is 0 Å². The lowest BCUT2D eigenvalue weighted by Gasteiger charge is -2.33. The lowest BCUT2D eigenvalue weighted by Crippen LogP contribution is -2.50. The fourth-order valence-corrected chi connectivity index (χ4v) is 3.93. The van der Waals surface area contributed by atoms with Crippen molar-refractivity contribution < 1.29 is 10.2 Å². The molecule has 1 saturated carbocycles. The van der Waals surface area contributed by atoms with Crippen molar-refractivity contribution in [1.29, 1.82) is 0 Å². The van der Waals surface area contributed by atoms with Gasteiger partial charge in [0, 0.05) is 6.54 Å². The molecule has 1 aliphatic carbocycles. The van der Waals surface area contributed by atoms with Gasteiger partial charge in [-0.25, -0.2) is 0 Å². The van der Waals surface area contributed by atoms with Crippen LogP contribution in [0.15, 0.2) is 54.6 Å². The molecule has 24 heavy (non-hydrogen) atoms. The van der Waals surface area contributed by atoms with Crippen LogP contribution in [0, 0.1) is 0 Å². The maximum Gasteiger partial charge on any atom is 0.0718 e. The first-order valence-electron chi connectivity index (χ1n) is 8.73. The van der Waals surface area contributed by atoms with Gasteiger partial charge in [0.1, 0.15) is 0 Å². The first-order valence-corrected chi connectivity index (χ1v) is 8.73. The number of aliphatic hydroxyl groups excluding tert-OH is 2. The van der Waals surface area contributed by atoms with E-state index in [0.717, 1.165) is 19.3 Å². The zero-order valence-electron chi connectivity index (χ0n) is 13.7. The molecule has 0 radical (unpaired) electrons. The molecule has 0 amide bonds. The van der Waals surface area contributed by atoms with E-state index >= 15 is 0 Å². The van der Waals surface area contributed by atoms with Crippen LogP contribution in [0.4, 0.5) is 0 Å². The van der Waals surface area contributed by atoms with Crippen LogP contribution in [0.2, 0.25) is 0 Å². The average Bonchev–Trinajstić information content (AvgIpc) is 2.61. The van der Waals surface area contributed by atoms with Crippen molar-refractivity contribution in [2.45, 2.75) is 44.1 Å². The number of benzene rings is 3. The Bertz CT molecular complexity index is 851. The number of fused-ring (bicyclic) bond motifs is 3. The molecule has 0 unspecified atom stereocenters. The summed E-state index contributed by atoms with van der Waals surface area (Å²) < 4.78 is 0. The summed E-state index contributed by atoms with van der Waals surface area (Å²) in [6.45, 7) is 0.643. The summed E-state index contributed by atoms with van der Waals surface area (Å²) in [5.74, 6) is 0. The average molecular weight is 321 g/mol. The number of rotatable bonds is 3. The molecule has 3 N–H and O–H groups in total. The van der Waals surface area contributed by atoms with Crippen molar-refractivity contribution >= 4 is 21.5 Å². The highest BCUT2D eigenvalue weighted by molar-refractivity contribution is 6.08. The summed E-state index contributed by atoms with van der Waals surface area (Å²) in [5.41, 5.74) is 1.20. The Morgan fingerprint density at radius 1 is 0.833 bits per heavy atom. The summed E-state index contributed by atoms with van der Waals surface area (Å²) >= 11 is 0. The molecular formula is C21H23NO2. The van der Waals surface area contributed by atoms with E-state index in [-0.39, 0.29) is 6.04 Å². The molecule has 4 rings (SSSR count). The van der Waals surface area contributed by atoms with Crippen LogP contribution >= 0.6 is 0 Å². The summed E-state index contributed by atoms with van der Waals surface area (Å²) in [7, 11) is 0. The minimum atomic E-state index is -0.472. The van der Waals surface area contributed by atoms with Gasteiger partial charge >= 0.3 is 0 Å². The highest BCUT2D eigenvalue weighted by atomic mass is 16.3. The van der Waals surface area contributed by atoms with Gasteiger partial charge in [-0.15, -0.1) is 0 Å². The van der Waals surface area contributed by atoms with Crippen LogP contribution in [0.3, 0.4) is 0 Å². The van der Waals surface area contributed by atoms with Gasteiger partial charge < -0.3 is 15.5 Å². The van der Waals surface area contributed by atoms with Gasteiger partial charge in [0.2, 0.25) is 0 Å². The fraction of sp³-hybridized carbons (Fsp3) is 0.333. The van der Waals surface area contributed by atoms with Crippen LogP contribution < -0.4 is 5.32 Å². The monoisotopic (exact) mass is 321 g/mol. The van der Waals surface area contributed by atoms with Crippen LogP contribution in [-0.4, -0.2) is 28.5 Å². The molecule has 3 heteroatoms. The van der Waals surface area contributed by atoms with E-state index in [0.29, 0.717) is 6.54 Å². The minimum absolute atomic E-state index is 0.246. The van der Waals surface area contributed by atoms with E-state index < -0.39 is 12.2 Å². The first kappa shape index (κ1) is 15.6. The molecule has 0 aliphatic heterocycles. The molecule has 1 fully saturated rings. The van der Waals surface area contributed by atoms with Crippen LogP contribution in [0.1, 0.15) is 24.8 Å². The number of hydrogen-bond donors (Lipinski definition) is 3. The van der Waals surface area contributed by atoms with Gasteiger partial charge in [-0.1, -0.05) is 48.5 Å². The second-order valence-corrected chi connectivity index (χ2v) is 6.77. The molecule has 3 atom stereocenters. The zero-order chi connectivity index (χ0) is 16.5. The molecule has 0 saturated heterocycles. The summed E-state index contributed by atoms with van der Waals surface area (Å²) in [6.07, 6.45) is 1.46. The fourth-order valence-electron chi connectivity index (χ4n) is 3.93. The van der Waals surface area contributed by atoms with Gasteiger partial charge in [0.15, 0.2) is 0 Å². The molecule has 0 aromatic heterocycles. The topological polar surface area (TPSA) is 52.5 Å². The van der Waals surface area contributed by atoms with Gasteiger partial charge in [-0.05, 0) is 52.4 Å². The smallest absolute Gasteiger partial charge is 0.0718 e. The Morgan fingerprint density at radius 3 is 2.21 bits per heavy atom. The Labute approximate surface area is 141 Å². The highest BCUT2D eigenvalue weighted by Crippen LogP contribution is 2.29. The predicted molar refractivity (Wildman–Crippen MR) is 97.9 cm³/mol. The largest absolute Gasteiger partial charge is 0.391 e. The van der Waals surface area contributed by atoms with E-state index in [1.165, 1.54) is 27.1 Å². The van der Waals surface area contributed by atoms with Gasteiger partial charge in [0.25, 0.3) is 0 Å². The molecule has 0 bridgehead atoms. The normalized spacial score (nSPS) is 24.5. The minimum Gasteiger partial charge on any atom is -0.391 e. The van der Waals surface area contributed by atoms with Crippen LogP contribution in [-0.2, 0) is 6.54 Å². The maximum absolute atomic E-state index is 10.2. The molecule has 3 aromatic rings. The maximum atomic E-state index is 10.2. The van der Waals surface area contributed by atoms with E-state index in [2.05, 4.69) is 59.9 Å². The second kappa shape index (κ2) is 6.52. The number of aliphatic hydroxyl groups is 2.